The smallest absolute Gasteiger partial charge is 0.0402 e. The van der Waals surface area contributed by atoms with Gasteiger partial charge in [-0.25, -0.2) is 0 Å². The molecule has 5 heteroatoms. The Labute approximate surface area is 215 Å². The first-order chi connectivity index (χ1) is 16.6. The summed E-state index contributed by atoms with van der Waals surface area (Å²) in [7, 11) is 0. The molecular weight excluding hydrogens is 428 g/mol. The van der Waals surface area contributed by atoms with Gasteiger partial charge in [-0.15, -0.1) is 0 Å². The van der Waals surface area contributed by atoms with E-state index in [1.165, 1.54) is 122 Å². The molecule has 0 radical (unpaired) electrons. The molecule has 0 spiro atoms. The summed E-state index contributed by atoms with van der Waals surface area (Å²) in [5.41, 5.74) is 0. The lowest BCUT2D eigenvalue weighted by molar-refractivity contribution is 0.318. The highest BCUT2D eigenvalue weighted by molar-refractivity contribution is 4.52. The average molecular weight is 497 g/mol. The van der Waals surface area contributed by atoms with Crippen LogP contribution in [0.2, 0.25) is 0 Å². The second-order valence-electron chi connectivity index (χ2n) is 8.30. The Morgan fingerprint density at radius 1 is 0.235 bits per heavy atom. The van der Waals surface area contributed by atoms with E-state index in [4.69, 9.17) is 25.5 Å². The van der Waals surface area contributed by atoms with E-state index in [0.29, 0.717) is 0 Å². The van der Waals surface area contributed by atoms with Crippen LogP contribution in [-0.4, -0.2) is 58.6 Å². The van der Waals surface area contributed by atoms with Crippen LogP contribution in [0, 0.1) is 0 Å². The third kappa shape index (κ3) is 85.4. The second-order valence-corrected chi connectivity index (χ2v) is 8.30. The van der Waals surface area contributed by atoms with E-state index in [2.05, 4.69) is 0 Å². The molecule has 0 unspecified atom stereocenters. The lowest BCUT2D eigenvalue weighted by Gasteiger charge is -2.03. The summed E-state index contributed by atoms with van der Waals surface area (Å²) in [6.45, 7) is 9.65. The molecule has 0 saturated heterocycles. The van der Waals surface area contributed by atoms with E-state index in [1.54, 1.807) is 34.6 Å². The maximum Gasteiger partial charge on any atom is 0.0402 e. The molecule has 0 aromatic carbocycles. The van der Waals surface area contributed by atoms with Crippen molar-refractivity contribution < 1.29 is 25.5 Å². The van der Waals surface area contributed by atoms with Crippen molar-refractivity contribution >= 4 is 0 Å². The molecule has 214 valence electrons. The number of hydrogen-bond acceptors (Lipinski definition) is 5. The van der Waals surface area contributed by atoms with Crippen molar-refractivity contribution in [2.24, 2.45) is 0 Å². The van der Waals surface area contributed by atoms with Gasteiger partial charge in [0, 0.05) is 33.0 Å². The van der Waals surface area contributed by atoms with E-state index in [1.807, 2.05) is 0 Å². The molecule has 0 atom stereocenters. The molecule has 34 heavy (non-hydrogen) atoms. The second kappa shape index (κ2) is 58.6. The van der Waals surface area contributed by atoms with Gasteiger partial charge in [0.25, 0.3) is 0 Å². The van der Waals surface area contributed by atoms with Crippen LogP contribution in [0.1, 0.15) is 157 Å². The van der Waals surface area contributed by atoms with Crippen LogP contribution in [0.15, 0.2) is 0 Å². The van der Waals surface area contributed by atoms with E-state index in [-0.39, 0.29) is 33.0 Å². The fourth-order valence-electron chi connectivity index (χ4n) is 3.36. The molecule has 5 nitrogen and oxygen atoms in total. The quantitative estimate of drug-likeness (QED) is 0.240. The minimum Gasteiger partial charge on any atom is -0.397 e. The molecule has 0 heterocycles. The molecule has 1 rings (SSSR count). The van der Waals surface area contributed by atoms with E-state index < -0.39 is 0 Å². The van der Waals surface area contributed by atoms with Gasteiger partial charge in [0.2, 0.25) is 0 Å². The average Bonchev–Trinajstić information content (AvgIpc) is 2.79. The zero-order valence-corrected chi connectivity index (χ0v) is 24.2. The Balaban J connectivity index is -0.000000154. The fraction of sp³-hybridized carbons (Fsp3) is 1.00. The predicted molar refractivity (Wildman–Crippen MR) is 152 cm³/mol. The van der Waals surface area contributed by atoms with Crippen LogP contribution in [0.4, 0.5) is 0 Å². The molecule has 0 aliphatic heterocycles. The third-order valence-electron chi connectivity index (χ3n) is 4.75. The van der Waals surface area contributed by atoms with Crippen LogP contribution in [0.25, 0.3) is 0 Å². The molecule has 1 aliphatic rings. The standard InChI is InChI=1S/C19H38.5C2H6O/c1-2-4-6-8-10-12-14-16-18-19-17-15-13-11-9-7-5-3-1;5*1-2-3/h1-19H2;5*3H,2H2,1H3. The van der Waals surface area contributed by atoms with Gasteiger partial charge in [-0.2, -0.15) is 0 Å². The first kappa shape index (κ1) is 43.8. The molecular formula is C29H68O5. The lowest BCUT2D eigenvalue weighted by atomic mass is 10.0. The normalized spacial score (nSPS) is 16.1. The summed E-state index contributed by atoms with van der Waals surface area (Å²) < 4.78 is 0. The van der Waals surface area contributed by atoms with Crippen molar-refractivity contribution in [3.8, 4) is 0 Å². The molecule has 0 amide bonds. The van der Waals surface area contributed by atoms with Gasteiger partial charge in [0.1, 0.15) is 0 Å². The predicted octanol–water partition coefficient (Wildman–Crippen LogP) is 7.40. The van der Waals surface area contributed by atoms with Crippen molar-refractivity contribution in [1.82, 2.24) is 0 Å². The summed E-state index contributed by atoms with van der Waals surface area (Å²) in [4.78, 5) is 0. The first-order valence-electron chi connectivity index (χ1n) is 14.6. The SMILES string of the molecule is C1CCCCCCCCCCCCCCCCCC1.CCO.CCO.CCO.CCO.CCO. The zero-order chi connectivity index (χ0) is 27.0. The van der Waals surface area contributed by atoms with E-state index in [9.17, 15) is 0 Å². The van der Waals surface area contributed by atoms with Crippen LogP contribution >= 0.6 is 0 Å². The number of hydrogen-bond donors (Lipinski definition) is 5. The van der Waals surface area contributed by atoms with E-state index >= 15 is 0 Å². The molecule has 1 saturated carbocycles. The van der Waals surface area contributed by atoms with Crippen molar-refractivity contribution in [2.75, 3.05) is 33.0 Å². The maximum absolute atomic E-state index is 7.57. The Morgan fingerprint density at radius 3 is 0.294 bits per heavy atom. The van der Waals surface area contributed by atoms with Gasteiger partial charge < -0.3 is 25.5 Å². The molecule has 0 aromatic rings. The maximum atomic E-state index is 7.57. The van der Waals surface area contributed by atoms with Gasteiger partial charge >= 0.3 is 0 Å². The van der Waals surface area contributed by atoms with Crippen LogP contribution in [-0.2, 0) is 0 Å². The van der Waals surface area contributed by atoms with Gasteiger partial charge in [0.05, 0.1) is 0 Å². The summed E-state index contributed by atoms with van der Waals surface area (Å²) >= 11 is 0. The van der Waals surface area contributed by atoms with Crippen LogP contribution in [0.5, 0.6) is 0 Å². The van der Waals surface area contributed by atoms with Gasteiger partial charge in [-0.1, -0.05) is 122 Å². The number of aliphatic hydroxyl groups excluding tert-OH is 5. The minimum absolute atomic E-state index is 0.250. The van der Waals surface area contributed by atoms with Crippen molar-refractivity contribution in [1.29, 1.82) is 0 Å². The Morgan fingerprint density at radius 2 is 0.265 bits per heavy atom. The molecule has 1 fully saturated rings. The van der Waals surface area contributed by atoms with Gasteiger partial charge in [-0.05, 0) is 34.6 Å². The summed E-state index contributed by atoms with van der Waals surface area (Å²) in [6.07, 6.45) is 28.5. The molecule has 1 aliphatic carbocycles. The number of aliphatic hydroxyl groups is 5. The van der Waals surface area contributed by atoms with Gasteiger partial charge in [0.15, 0.2) is 0 Å². The molecule has 0 aromatic heterocycles. The van der Waals surface area contributed by atoms with Crippen molar-refractivity contribution in [3.05, 3.63) is 0 Å². The van der Waals surface area contributed by atoms with Crippen molar-refractivity contribution in [3.63, 3.8) is 0 Å². The minimum atomic E-state index is 0.250. The van der Waals surface area contributed by atoms with Crippen molar-refractivity contribution in [2.45, 2.75) is 157 Å². The molecule has 5 N–H and O–H groups in total. The Hall–Kier alpha value is -0.200. The first-order valence-corrected chi connectivity index (χ1v) is 14.6. The molecule has 0 bridgehead atoms. The third-order valence-corrected chi connectivity index (χ3v) is 4.75. The Kier molecular flexibility index (Phi) is 75.5. The summed E-state index contributed by atoms with van der Waals surface area (Å²) in [5, 5.41) is 37.8. The fourth-order valence-corrected chi connectivity index (χ4v) is 3.36. The Bertz CT molecular complexity index is 148. The van der Waals surface area contributed by atoms with Crippen LogP contribution < -0.4 is 0 Å². The largest absolute Gasteiger partial charge is 0.397 e. The summed E-state index contributed by atoms with van der Waals surface area (Å²) in [6, 6.07) is 0. The monoisotopic (exact) mass is 497 g/mol. The highest BCUT2D eigenvalue weighted by atomic mass is 16.3. The highest BCUT2D eigenvalue weighted by Crippen LogP contribution is 2.16. The zero-order valence-electron chi connectivity index (χ0n) is 24.2. The van der Waals surface area contributed by atoms with E-state index in [0.717, 1.165) is 0 Å². The van der Waals surface area contributed by atoms with Crippen LogP contribution in [0.3, 0.4) is 0 Å². The summed E-state index contributed by atoms with van der Waals surface area (Å²) in [5.74, 6) is 0. The topological polar surface area (TPSA) is 101 Å². The highest BCUT2D eigenvalue weighted by Gasteiger charge is 1.96. The number of rotatable bonds is 0. The van der Waals surface area contributed by atoms with Gasteiger partial charge in [-0.3, -0.25) is 0 Å². The lowest BCUT2D eigenvalue weighted by Crippen LogP contribution is -1.83.